The van der Waals surface area contributed by atoms with E-state index in [1.54, 1.807) is 18.2 Å². The first kappa shape index (κ1) is 15.5. The van der Waals surface area contributed by atoms with Crippen LogP contribution in [0.25, 0.3) is 11.0 Å². The quantitative estimate of drug-likeness (QED) is 0.512. The fraction of sp³-hybridized carbons (Fsp3) is 0.154. The van der Waals surface area contributed by atoms with Gasteiger partial charge in [0.1, 0.15) is 6.42 Å². The Kier molecular flexibility index (Phi) is 3.82. The third kappa shape index (κ3) is 2.92. The van der Waals surface area contributed by atoms with Gasteiger partial charge in [0, 0.05) is 22.1 Å². The summed E-state index contributed by atoms with van der Waals surface area (Å²) >= 11 is 6.73. The van der Waals surface area contributed by atoms with Crippen LogP contribution in [0.1, 0.15) is 6.42 Å². The molecular weight excluding hydrogens is 344 g/mol. The van der Waals surface area contributed by atoms with Crippen LogP contribution in [0.3, 0.4) is 0 Å². The zero-order valence-electron chi connectivity index (χ0n) is 11.4. The van der Waals surface area contributed by atoms with Crippen molar-refractivity contribution in [3.05, 3.63) is 67.4 Å². The van der Waals surface area contributed by atoms with Crippen LogP contribution in [0.4, 0.5) is 0 Å². The first-order valence-corrected chi connectivity index (χ1v) is 7.61. The lowest BCUT2D eigenvalue weighted by atomic mass is 10.1. The van der Waals surface area contributed by atoms with Gasteiger partial charge in [-0.15, -0.1) is 0 Å². The number of allylic oxidation sites excluding steroid dienone is 2. The molecule has 0 saturated carbocycles. The molecule has 23 heavy (non-hydrogen) atoms. The number of nitrogens with zero attached hydrogens (tertiary/aromatic N) is 3. The van der Waals surface area contributed by atoms with Gasteiger partial charge in [0.05, 0.1) is 16.0 Å². The molecule has 0 radical (unpaired) electrons. The molecule has 1 unspecified atom stereocenters. The van der Waals surface area contributed by atoms with Crippen molar-refractivity contribution in [1.82, 2.24) is 9.97 Å². The highest BCUT2D eigenvalue weighted by Crippen LogP contribution is 2.41. The fourth-order valence-electron chi connectivity index (χ4n) is 2.22. The topological polar surface area (TPSA) is 115 Å². The predicted octanol–water partition coefficient (Wildman–Crippen LogP) is 3.40. The molecule has 0 amide bonds. The van der Waals surface area contributed by atoms with E-state index >= 15 is 0 Å². The molecule has 1 heterocycles. The van der Waals surface area contributed by atoms with Gasteiger partial charge >= 0.3 is 4.87 Å². The van der Waals surface area contributed by atoms with Crippen molar-refractivity contribution < 1.29 is 9.85 Å². The van der Waals surface area contributed by atoms with Gasteiger partial charge in [-0.05, 0) is 30.0 Å². The number of nitro groups is 2. The van der Waals surface area contributed by atoms with Gasteiger partial charge in [-0.25, -0.2) is 4.98 Å². The van der Waals surface area contributed by atoms with Gasteiger partial charge in [-0.2, -0.15) is 0 Å². The molecule has 1 aromatic heterocycles. The maximum Gasteiger partial charge on any atom is 0.303 e. The van der Waals surface area contributed by atoms with Crippen molar-refractivity contribution in [3.63, 3.8) is 0 Å². The van der Waals surface area contributed by atoms with E-state index in [4.69, 9.17) is 11.6 Å². The Hall–Kier alpha value is -2.39. The van der Waals surface area contributed by atoms with Crippen LogP contribution in [0, 0.1) is 20.2 Å². The van der Waals surface area contributed by atoms with Crippen LogP contribution in [0.15, 0.2) is 47.3 Å². The van der Waals surface area contributed by atoms with Crippen molar-refractivity contribution in [1.29, 1.82) is 0 Å². The molecule has 1 atom stereocenters. The highest BCUT2D eigenvalue weighted by molar-refractivity contribution is 8.00. The number of rotatable bonds is 4. The van der Waals surface area contributed by atoms with Crippen LogP contribution in [0.5, 0.6) is 0 Å². The van der Waals surface area contributed by atoms with E-state index in [-0.39, 0.29) is 12.1 Å². The highest BCUT2D eigenvalue weighted by atomic mass is 35.5. The maximum absolute atomic E-state index is 11.5. The molecule has 1 N–H and O–H groups in total. The molecule has 1 aromatic carbocycles. The summed E-state index contributed by atoms with van der Waals surface area (Å²) in [6.45, 7) is 0. The number of H-pyrrole nitrogens is 1. The molecule has 0 saturated heterocycles. The van der Waals surface area contributed by atoms with Crippen LogP contribution < -0.4 is 0 Å². The molecule has 3 rings (SSSR count). The lowest BCUT2D eigenvalue weighted by Gasteiger charge is -2.20. The largest absolute Gasteiger partial charge is 0.333 e. The lowest BCUT2D eigenvalue weighted by molar-refractivity contribution is -0.532. The van der Waals surface area contributed by atoms with Gasteiger partial charge in [0.2, 0.25) is 0 Å². The Morgan fingerprint density at radius 1 is 1.35 bits per heavy atom. The Balaban J connectivity index is 1.96. The van der Waals surface area contributed by atoms with Gasteiger partial charge in [-0.3, -0.25) is 20.2 Å². The molecule has 118 valence electrons. The first-order valence-electron chi connectivity index (χ1n) is 6.41. The SMILES string of the molecule is O=[N+]([O-])C1=CC=CC(Sc2nc3ccc(Cl)cc3[nH]2)([N+](=O)[O-])C1. The second-order valence-corrected chi connectivity index (χ2v) is 6.59. The van der Waals surface area contributed by atoms with E-state index in [1.807, 2.05) is 0 Å². The fourth-order valence-corrected chi connectivity index (χ4v) is 3.47. The van der Waals surface area contributed by atoms with Gasteiger partial charge in [0.25, 0.3) is 5.70 Å². The second kappa shape index (κ2) is 5.67. The molecule has 1 aliphatic carbocycles. The molecule has 0 spiro atoms. The maximum atomic E-state index is 11.5. The molecule has 0 aliphatic heterocycles. The van der Waals surface area contributed by atoms with Crippen LogP contribution in [-0.2, 0) is 0 Å². The summed E-state index contributed by atoms with van der Waals surface area (Å²) in [5.41, 5.74) is 1.04. The number of fused-ring (bicyclic) bond motifs is 1. The van der Waals surface area contributed by atoms with Crippen LogP contribution in [0.2, 0.25) is 5.02 Å². The van der Waals surface area contributed by atoms with E-state index in [0.717, 1.165) is 11.8 Å². The molecule has 1 aliphatic rings. The zero-order chi connectivity index (χ0) is 16.6. The highest BCUT2D eigenvalue weighted by Gasteiger charge is 2.47. The van der Waals surface area contributed by atoms with Crippen LogP contribution >= 0.6 is 23.4 Å². The predicted molar refractivity (Wildman–Crippen MR) is 85.5 cm³/mol. The average molecular weight is 353 g/mol. The van der Waals surface area contributed by atoms with Crippen molar-refractivity contribution in [3.8, 4) is 0 Å². The van der Waals surface area contributed by atoms with E-state index in [2.05, 4.69) is 9.97 Å². The number of benzene rings is 1. The number of aromatic amines is 1. The van der Waals surface area contributed by atoms with E-state index in [0.29, 0.717) is 21.2 Å². The molecule has 0 bridgehead atoms. The van der Waals surface area contributed by atoms with Crippen molar-refractivity contribution in [2.45, 2.75) is 16.4 Å². The van der Waals surface area contributed by atoms with E-state index in [1.165, 1.54) is 18.2 Å². The first-order chi connectivity index (χ1) is 10.9. The summed E-state index contributed by atoms with van der Waals surface area (Å²) < 4.78 is 0. The summed E-state index contributed by atoms with van der Waals surface area (Å²) in [7, 11) is 0. The van der Waals surface area contributed by atoms with Gasteiger partial charge in [-0.1, -0.05) is 17.7 Å². The second-order valence-electron chi connectivity index (χ2n) is 4.86. The summed E-state index contributed by atoms with van der Waals surface area (Å²) in [5, 5.41) is 23.3. The van der Waals surface area contributed by atoms with Crippen molar-refractivity contribution in [2.75, 3.05) is 0 Å². The minimum Gasteiger partial charge on any atom is -0.333 e. The molecule has 0 fully saturated rings. The normalized spacial score (nSPS) is 20.5. The number of hydrogen-bond acceptors (Lipinski definition) is 6. The van der Waals surface area contributed by atoms with Crippen molar-refractivity contribution >= 4 is 34.4 Å². The van der Waals surface area contributed by atoms with Crippen LogP contribution in [-0.4, -0.2) is 24.7 Å². The Bertz CT molecular complexity index is 878. The monoisotopic (exact) mass is 352 g/mol. The third-order valence-electron chi connectivity index (χ3n) is 3.32. The summed E-state index contributed by atoms with van der Waals surface area (Å²) in [4.78, 5) is 26.9. The summed E-state index contributed by atoms with van der Waals surface area (Å²) in [5.74, 6) is 0. The molecule has 10 heteroatoms. The molecule has 8 nitrogen and oxygen atoms in total. The summed E-state index contributed by atoms with van der Waals surface area (Å²) in [6, 6.07) is 5.01. The number of nitrogens with one attached hydrogen (secondary N) is 1. The minimum absolute atomic E-state index is 0.212. The molecule has 2 aromatic rings. The standard InChI is InChI=1S/C13H9ClN4O4S/c14-8-3-4-10-11(6-8)16-12(15-10)23-13(18(21)22)5-1-2-9(7-13)17(19)20/h1-6H,7H2,(H,15,16). The van der Waals surface area contributed by atoms with Crippen molar-refractivity contribution in [2.24, 2.45) is 0 Å². The number of imidazole rings is 1. The zero-order valence-corrected chi connectivity index (χ0v) is 13.0. The number of halogens is 1. The Morgan fingerprint density at radius 3 is 2.83 bits per heavy atom. The third-order valence-corrected chi connectivity index (χ3v) is 4.72. The van der Waals surface area contributed by atoms with E-state index in [9.17, 15) is 20.2 Å². The lowest BCUT2D eigenvalue weighted by Crippen LogP contribution is -2.35. The smallest absolute Gasteiger partial charge is 0.303 e. The van der Waals surface area contributed by atoms with Gasteiger partial charge in [0.15, 0.2) is 5.16 Å². The van der Waals surface area contributed by atoms with E-state index < -0.39 is 14.7 Å². The number of aromatic nitrogens is 2. The average Bonchev–Trinajstić information content (AvgIpc) is 2.88. The Labute approximate surface area is 138 Å². The number of hydrogen-bond donors (Lipinski definition) is 1. The minimum atomic E-state index is -1.67. The number of thioether (sulfide) groups is 1. The Morgan fingerprint density at radius 2 is 2.13 bits per heavy atom. The van der Waals surface area contributed by atoms with Gasteiger partial charge < -0.3 is 4.98 Å². The summed E-state index contributed by atoms with van der Waals surface area (Å²) in [6.07, 6.45) is 3.61. The molecular formula is C13H9ClN4O4S.